The van der Waals surface area contributed by atoms with E-state index in [4.69, 9.17) is 9.47 Å². The molecular formula is C12H21N3O2. The van der Waals surface area contributed by atoms with E-state index in [2.05, 4.69) is 14.9 Å². The maximum absolute atomic E-state index is 5.55. The van der Waals surface area contributed by atoms with Crippen molar-refractivity contribution in [3.05, 3.63) is 18.7 Å². The Labute approximate surface area is 102 Å². The Balaban J connectivity index is 1.59. The van der Waals surface area contributed by atoms with Gasteiger partial charge in [-0.05, 0) is 13.0 Å². The van der Waals surface area contributed by atoms with Gasteiger partial charge in [0.1, 0.15) is 5.60 Å². The van der Waals surface area contributed by atoms with E-state index in [9.17, 15) is 0 Å². The van der Waals surface area contributed by atoms with Crippen LogP contribution < -0.4 is 5.32 Å². The van der Waals surface area contributed by atoms with Gasteiger partial charge >= 0.3 is 0 Å². The molecule has 5 heteroatoms. The van der Waals surface area contributed by atoms with Crippen LogP contribution in [0.25, 0.3) is 0 Å². The van der Waals surface area contributed by atoms with E-state index in [0.29, 0.717) is 6.61 Å². The third kappa shape index (κ3) is 3.52. The molecule has 5 nitrogen and oxygen atoms in total. The molecule has 0 aromatic carbocycles. The Kier molecular flexibility index (Phi) is 4.53. The lowest BCUT2D eigenvalue weighted by molar-refractivity contribution is -0.0156. The molecule has 1 aromatic rings. The monoisotopic (exact) mass is 239 g/mol. The summed E-state index contributed by atoms with van der Waals surface area (Å²) in [4.78, 5) is 4.01. The summed E-state index contributed by atoms with van der Waals surface area (Å²) >= 11 is 0. The lowest BCUT2D eigenvalue weighted by Crippen LogP contribution is -2.43. The Morgan fingerprint density at radius 1 is 1.59 bits per heavy atom. The zero-order valence-corrected chi connectivity index (χ0v) is 10.4. The second-order valence-corrected chi connectivity index (χ2v) is 4.52. The molecule has 2 heterocycles. The van der Waals surface area contributed by atoms with E-state index in [0.717, 1.165) is 39.1 Å². The van der Waals surface area contributed by atoms with E-state index in [1.54, 1.807) is 7.11 Å². The highest BCUT2D eigenvalue weighted by Gasteiger charge is 2.34. The predicted molar refractivity (Wildman–Crippen MR) is 64.9 cm³/mol. The maximum Gasteiger partial charge on any atom is 0.106 e. The normalized spacial score (nSPS) is 24.3. The standard InChI is InChI=1S/C12H21N3O2/c1-16-12(3-8-17-10-12)9-13-4-2-6-15-7-5-14-11-15/h5,7,11,13H,2-4,6,8-10H2,1H3. The molecule has 1 saturated heterocycles. The van der Waals surface area contributed by atoms with E-state index in [1.165, 1.54) is 0 Å². The van der Waals surface area contributed by atoms with Crippen molar-refractivity contribution in [1.82, 2.24) is 14.9 Å². The van der Waals surface area contributed by atoms with Crippen LogP contribution in [0.15, 0.2) is 18.7 Å². The number of methoxy groups -OCH3 is 1. The van der Waals surface area contributed by atoms with Gasteiger partial charge in [0.15, 0.2) is 0 Å². The average molecular weight is 239 g/mol. The first kappa shape index (κ1) is 12.5. The molecule has 0 amide bonds. The quantitative estimate of drug-likeness (QED) is 0.710. The molecule has 1 N–H and O–H groups in total. The Bertz CT molecular complexity index is 308. The molecule has 0 bridgehead atoms. The molecule has 1 unspecified atom stereocenters. The molecule has 0 spiro atoms. The minimum absolute atomic E-state index is 0.102. The highest BCUT2D eigenvalue weighted by Crippen LogP contribution is 2.21. The molecule has 17 heavy (non-hydrogen) atoms. The minimum atomic E-state index is -0.102. The molecule has 96 valence electrons. The molecule has 0 aliphatic carbocycles. The number of hydrogen-bond donors (Lipinski definition) is 1. The van der Waals surface area contributed by atoms with Crippen LogP contribution in [-0.2, 0) is 16.0 Å². The van der Waals surface area contributed by atoms with Crippen LogP contribution in [0.5, 0.6) is 0 Å². The smallest absolute Gasteiger partial charge is 0.106 e. The number of aromatic nitrogens is 2. The fourth-order valence-electron chi connectivity index (χ4n) is 2.08. The van der Waals surface area contributed by atoms with Gasteiger partial charge in [-0.1, -0.05) is 0 Å². The summed E-state index contributed by atoms with van der Waals surface area (Å²) in [7, 11) is 1.77. The Morgan fingerprint density at radius 3 is 3.18 bits per heavy atom. The van der Waals surface area contributed by atoms with Crippen LogP contribution in [0.4, 0.5) is 0 Å². The van der Waals surface area contributed by atoms with Gasteiger partial charge < -0.3 is 19.4 Å². The largest absolute Gasteiger partial charge is 0.378 e. The number of nitrogens with one attached hydrogen (secondary N) is 1. The van der Waals surface area contributed by atoms with Crippen LogP contribution in [0.2, 0.25) is 0 Å². The molecule has 1 aromatic heterocycles. The summed E-state index contributed by atoms with van der Waals surface area (Å²) in [6, 6.07) is 0. The Hall–Kier alpha value is -0.910. The van der Waals surface area contributed by atoms with Gasteiger partial charge in [0.05, 0.1) is 12.9 Å². The lowest BCUT2D eigenvalue weighted by Gasteiger charge is -2.26. The van der Waals surface area contributed by atoms with Gasteiger partial charge in [0, 0.05) is 45.6 Å². The molecule has 1 fully saturated rings. The summed E-state index contributed by atoms with van der Waals surface area (Å²) in [5.41, 5.74) is -0.102. The fourth-order valence-corrected chi connectivity index (χ4v) is 2.08. The molecule has 1 atom stereocenters. The molecule has 2 rings (SSSR count). The van der Waals surface area contributed by atoms with E-state index in [-0.39, 0.29) is 5.60 Å². The summed E-state index contributed by atoms with van der Waals surface area (Å²) in [6.45, 7) is 4.38. The predicted octanol–water partition coefficient (Wildman–Crippen LogP) is 0.668. The van der Waals surface area contributed by atoms with Crippen molar-refractivity contribution in [1.29, 1.82) is 0 Å². The SMILES string of the molecule is COC1(CNCCCn2ccnc2)CCOC1. The van der Waals surface area contributed by atoms with E-state index >= 15 is 0 Å². The number of rotatable bonds is 7. The molecule has 1 aliphatic rings. The van der Waals surface area contributed by atoms with Gasteiger partial charge in [-0.2, -0.15) is 0 Å². The first-order valence-electron chi connectivity index (χ1n) is 6.14. The van der Waals surface area contributed by atoms with Crippen LogP contribution in [0.3, 0.4) is 0 Å². The van der Waals surface area contributed by atoms with Gasteiger partial charge in [-0.25, -0.2) is 4.98 Å². The topological polar surface area (TPSA) is 48.3 Å². The van der Waals surface area contributed by atoms with Crippen molar-refractivity contribution in [3.8, 4) is 0 Å². The van der Waals surface area contributed by atoms with Crippen molar-refractivity contribution in [2.45, 2.75) is 25.0 Å². The van der Waals surface area contributed by atoms with Crippen LogP contribution >= 0.6 is 0 Å². The van der Waals surface area contributed by atoms with Gasteiger partial charge in [-0.3, -0.25) is 0 Å². The van der Waals surface area contributed by atoms with Crippen LogP contribution in [0, 0.1) is 0 Å². The second kappa shape index (κ2) is 6.14. The average Bonchev–Trinajstić information content (AvgIpc) is 3.00. The summed E-state index contributed by atoms with van der Waals surface area (Å²) < 4.78 is 13.0. The first-order chi connectivity index (χ1) is 8.35. The number of imidazole rings is 1. The van der Waals surface area contributed by atoms with E-state index < -0.39 is 0 Å². The van der Waals surface area contributed by atoms with Crippen molar-refractivity contribution in [2.75, 3.05) is 33.4 Å². The molecule has 0 saturated carbocycles. The highest BCUT2D eigenvalue weighted by atomic mass is 16.5. The first-order valence-corrected chi connectivity index (χ1v) is 6.14. The van der Waals surface area contributed by atoms with Crippen LogP contribution in [0.1, 0.15) is 12.8 Å². The van der Waals surface area contributed by atoms with Crippen molar-refractivity contribution < 1.29 is 9.47 Å². The van der Waals surface area contributed by atoms with Crippen LogP contribution in [-0.4, -0.2) is 48.6 Å². The minimum Gasteiger partial charge on any atom is -0.378 e. The van der Waals surface area contributed by atoms with Gasteiger partial charge in [0.2, 0.25) is 0 Å². The van der Waals surface area contributed by atoms with Gasteiger partial charge in [0.25, 0.3) is 0 Å². The number of ether oxygens (including phenoxy) is 2. The zero-order valence-electron chi connectivity index (χ0n) is 10.4. The fraction of sp³-hybridized carbons (Fsp3) is 0.750. The number of nitrogens with zero attached hydrogens (tertiary/aromatic N) is 2. The number of aryl methyl sites for hydroxylation is 1. The summed E-state index contributed by atoms with van der Waals surface area (Å²) in [6.07, 6.45) is 7.72. The molecule has 1 aliphatic heterocycles. The number of hydrogen-bond acceptors (Lipinski definition) is 4. The second-order valence-electron chi connectivity index (χ2n) is 4.52. The van der Waals surface area contributed by atoms with Gasteiger partial charge in [-0.15, -0.1) is 0 Å². The van der Waals surface area contributed by atoms with Crippen molar-refractivity contribution in [2.24, 2.45) is 0 Å². The molecule has 0 radical (unpaired) electrons. The Morgan fingerprint density at radius 2 is 2.53 bits per heavy atom. The maximum atomic E-state index is 5.55. The highest BCUT2D eigenvalue weighted by molar-refractivity contribution is 4.86. The van der Waals surface area contributed by atoms with Crippen molar-refractivity contribution in [3.63, 3.8) is 0 Å². The zero-order chi connectivity index (χ0) is 12.0. The van der Waals surface area contributed by atoms with E-state index in [1.807, 2.05) is 18.7 Å². The lowest BCUT2D eigenvalue weighted by atomic mass is 10.0. The summed E-state index contributed by atoms with van der Waals surface area (Å²) in [5.74, 6) is 0. The third-order valence-corrected chi connectivity index (χ3v) is 3.28. The molecular weight excluding hydrogens is 218 g/mol. The van der Waals surface area contributed by atoms with Crippen molar-refractivity contribution >= 4 is 0 Å². The third-order valence-electron chi connectivity index (χ3n) is 3.28. The summed E-state index contributed by atoms with van der Waals surface area (Å²) in [5, 5.41) is 3.44.